The number of hydrogen-bond donors (Lipinski definition) is 3. The molecule has 6 nitrogen and oxygen atoms in total. The lowest BCUT2D eigenvalue weighted by molar-refractivity contribution is -0.123. The number of hydrogen-bond acceptors (Lipinski definition) is 4. The number of likely N-dealkylation sites (tertiary alicyclic amines) is 1. The van der Waals surface area contributed by atoms with Gasteiger partial charge in [0.2, 0.25) is 5.91 Å². The number of H-pyrrole nitrogens is 1. The molecule has 2 unspecified atom stereocenters. The highest BCUT2D eigenvalue weighted by molar-refractivity contribution is 5.82. The van der Waals surface area contributed by atoms with Gasteiger partial charge >= 0.3 is 0 Å². The van der Waals surface area contributed by atoms with Gasteiger partial charge in [-0.1, -0.05) is 0 Å². The smallest absolute Gasteiger partial charge is 0.237 e. The van der Waals surface area contributed by atoms with Crippen molar-refractivity contribution in [1.29, 1.82) is 0 Å². The van der Waals surface area contributed by atoms with Crippen molar-refractivity contribution in [3.8, 4) is 0 Å². The van der Waals surface area contributed by atoms with Crippen LogP contribution in [0.25, 0.3) is 0 Å². The SMILES string of the molecule is CC(C)N1CCC(CNC(=O)C2Cc3nc[nH]c3CN2)C1. The first-order chi connectivity index (χ1) is 10.1. The van der Waals surface area contributed by atoms with Gasteiger partial charge in [0.05, 0.1) is 23.8 Å². The number of amides is 1. The molecule has 1 fully saturated rings. The summed E-state index contributed by atoms with van der Waals surface area (Å²) in [5, 5.41) is 6.38. The number of carbonyl (C=O) groups excluding carboxylic acids is 1. The van der Waals surface area contributed by atoms with E-state index >= 15 is 0 Å². The molecule has 0 spiro atoms. The van der Waals surface area contributed by atoms with Crippen LogP contribution in [0.1, 0.15) is 31.7 Å². The molecule has 0 aliphatic carbocycles. The van der Waals surface area contributed by atoms with Gasteiger partial charge in [0, 0.05) is 32.1 Å². The third-order valence-electron chi connectivity index (χ3n) is 4.66. The van der Waals surface area contributed by atoms with Crippen LogP contribution in [0.5, 0.6) is 0 Å². The number of fused-ring (bicyclic) bond motifs is 1. The summed E-state index contributed by atoms with van der Waals surface area (Å²) in [6.07, 6.45) is 3.55. The third kappa shape index (κ3) is 3.27. The summed E-state index contributed by atoms with van der Waals surface area (Å²) in [4.78, 5) is 22.1. The Labute approximate surface area is 125 Å². The molecule has 2 atom stereocenters. The van der Waals surface area contributed by atoms with Gasteiger partial charge in [0.15, 0.2) is 0 Å². The maximum atomic E-state index is 12.3. The van der Waals surface area contributed by atoms with Crippen molar-refractivity contribution in [3.63, 3.8) is 0 Å². The molecule has 0 radical (unpaired) electrons. The normalized spacial score (nSPS) is 26.0. The quantitative estimate of drug-likeness (QED) is 0.744. The van der Waals surface area contributed by atoms with E-state index in [1.165, 1.54) is 6.42 Å². The number of aromatic amines is 1. The number of imidazole rings is 1. The van der Waals surface area contributed by atoms with Crippen molar-refractivity contribution in [1.82, 2.24) is 25.5 Å². The van der Waals surface area contributed by atoms with E-state index in [1.54, 1.807) is 6.33 Å². The van der Waals surface area contributed by atoms with Gasteiger partial charge in [-0.2, -0.15) is 0 Å². The van der Waals surface area contributed by atoms with Crippen molar-refractivity contribution >= 4 is 5.91 Å². The van der Waals surface area contributed by atoms with Crippen molar-refractivity contribution < 1.29 is 4.79 Å². The second-order valence-electron chi connectivity index (χ2n) is 6.45. The van der Waals surface area contributed by atoms with E-state index in [0.717, 1.165) is 31.0 Å². The van der Waals surface area contributed by atoms with Crippen LogP contribution in [0.2, 0.25) is 0 Å². The van der Waals surface area contributed by atoms with Crippen molar-refractivity contribution in [2.24, 2.45) is 5.92 Å². The average Bonchev–Trinajstić information content (AvgIpc) is 3.12. The Morgan fingerprint density at radius 2 is 2.43 bits per heavy atom. The third-order valence-corrected chi connectivity index (χ3v) is 4.66. The summed E-state index contributed by atoms with van der Waals surface area (Å²) >= 11 is 0. The summed E-state index contributed by atoms with van der Waals surface area (Å²) in [5.41, 5.74) is 2.11. The van der Waals surface area contributed by atoms with Crippen LogP contribution in [-0.2, 0) is 17.8 Å². The van der Waals surface area contributed by atoms with E-state index in [9.17, 15) is 4.79 Å². The molecule has 3 N–H and O–H groups in total. The maximum absolute atomic E-state index is 12.3. The van der Waals surface area contributed by atoms with E-state index in [1.807, 2.05) is 0 Å². The summed E-state index contributed by atoms with van der Waals surface area (Å²) < 4.78 is 0. The van der Waals surface area contributed by atoms with Gasteiger partial charge in [-0.05, 0) is 32.7 Å². The Morgan fingerprint density at radius 3 is 3.19 bits per heavy atom. The van der Waals surface area contributed by atoms with Crippen LogP contribution in [0.4, 0.5) is 0 Å². The topological polar surface area (TPSA) is 73.0 Å². The minimum absolute atomic E-state index is 0.103. The standard InChI is InChI=1S/C15H25N5O/c1-10(2)20-4-3-11(8-20)6-17-15(21)13-5-12-14(7-16-13)19-9-18-12/h9-11,13,16H,3-8H2,1-2H3,(H,17,21)(H,18,19). The van der Waals surface area contributed by atoms with Crippen LogP contribution in [0.15, 0.2) is 6.33 Å². The second-order valence-corrected chi connectivity index (χ2v) is 6.45. The molecule has 0 saturated carbocycles. The molecular weight excluding hydrogens is 266 g/mol. The fraction of sp³-hybridized carbons (Fsp3) is 0.733. The Morgan fingerprint density at radius 1 is 1.57 bits per heavy atom. The summed E-state index contributed by atoms with van der Waals surface area (Å²) in [6, 6.07) is 0.451. The highest BCUT2D eigenvalue weighted by Gasteiger charge is 2.28. The molecule has 0 aromatic carbocycles. The maximum Gasteiger partial charge on any atom is 0.237 e. The molecule has 3 heterocycles. The number of rotatable bonds is 4. The molecule has 1 saturated heterocycles. The molecule has 2 aliphatic heterocycles. The molecule has 0 bridgehead atoms. The van der Waals surface area contributed by atoms with E-state index in [2.05, 4.69) is 39.3 Å². The number of carbonyl (C=O) groups is 1. The van der Waals surface area contributed by atoms with Gasteiger partial charge in [-0.25, -0.2) is 4.98 Å². The highest BCUT2D eigenvalue weighted by atomic mass is 16.2. The number of aromatic nitrogens is 2. The molecule has 2 aliphatic rings. The van der Waals surface area contributed by atoms with E-state index in [0.29, 0.717) is 24.9 Å². The van der Waals surface area contributed by atoms with Gasteiger partial charge in [0.1, 0.15) is 0 Å². The van der Waals surface area contributed by atoms with Crippen LogP contribution in [0.3, 0.4) is 0 Å². The Balaban J connectivity index is 1.45. The van der Waals surface area contributed by atoms with Crippen LogP contribution in [-0.4, -0.2) is 52.5 Å². The van der Waals surface area contributed by atoms with Crippen molar-refractivity contribution in [3.05, 3.63) is 17.7 Å². The predicted molar refractivity (Wildman–Crippen MR) is 80.7 cm³/mol. The average molecular weight is 291 g/mol. The van der Waals surface area contributed by atoms with Crippen LogP contribution >= 0.6 is 0 Å². The van der Waals surface area contributed by atoms with Crippen LogP contribution < -0.4 is 10.6 Å². The molecule has 3 rings (SSSR count). The minimum atomic E-state index is -0.150. The highest BCUT2D eigenvalue weighted by Crippen LogP contribution is 2.18. The molecule has 1 amide bonds. The molecule has 6 heteroatoms. The van der Waals surface area contributed by atoms with Crippen LogP contribution in [0, 0.1) is 5.92 Å². The summed E-state index contributed by atoms with van der Waals surface area (Å²) in [5.74, 6) is 0.688. The Bertz CT molecular complexity index is 498. The van der Waals surface area contributed by atoms with E-state index in [4.69, 9.17) is 0 Å². The zero-order valence-electron chi connectivity index (χ0n) is 12.9. The molecule has 1 aromatic heterocycles. The fourth-order valence-corrected chi connectivity index (χ4v) is 3.22. The first-order valence-electron chi connectivity index (χ1n) is 7.89. The molecule has 1 aromatic rings. The van der Waals surface area contributed by atoms with Gasteiger partial charge < -0.3 is 15.2 Å². The predicted octanol–water partition coefficient (Wildman–Crippen LogP) is 0.271. The largest absolute Gasteiger partial charge is 0.354 e. The van der Waals surface area contributed by atoms with Crippen molar-refractivity contribution in [2.45, 2.75) is 45.3 Å². The monoisotopic (exact) mass is 291 g/mol. The molecule has 21 heavy (non-hydrogen) atoms. The molecule has 116 valence electrons. The zero-order chi connectivity index (χ0) is 14.8. The second kappa shape index (κ2) is 6.15. The van der Waals surface area contributed by atoms with Gasteiger partial charge in [0.25, 0.3) is 0 Å². The fourth-order valence-electron chi connectivity index (χ4n) is 3.22. The Hall–Kier alpha value is -1.40. The zero-order valence-corrected chi connectivity index (χ0v) is 12.9. The lowest BCUT2D eigenvalue weighted by Crippen LogP contribution is -2.48. The van der Waals surface area contributed by atoms with E-state index in [-0.39, 0.29) is 11.9 Å². The van der Waals surface area contributed by atoms with E-state index < -0.39 is 0 Å². The minimum Gasteiger partial charge on any atom is -0.354 e. The number of nitrogens with one attached hydrogen (secondary N) is 3. The van der Waals surface area contributed by atoms with Gasteiger partial charge in [-0.15, -0.1) is 0 Å². The Kier molecular flexibility index (Phi) is 4.26. The number of nitrogens with zero attached hydrogens (tertiary/aromatic N) is 2. The first-order valence-corrected chi connectivity index (χ1v) is 7.89. The first kappa shape index (κ1) is 14.5. The lowest BCUT2D eigenvalue weighted by atomic mass is 10.0. The molecular formula is C15H25N5O. The van der Waals surface area contributed by atoms with Crippen molar-refractivity contribution in [2.75, 3.05) is 19.6 Å². The van der Waals surface area contributed by atoms with Gasteiger partial charge in [-0.3, -0.25) is 10.1 Å². The summed E-state index contributed by atoms with van der Waals surface area (Å²) in [7, 11) is 0. The summed E-state index contributed by atoms with van der Waals surface area (Å²) in [6.45, 7) is 8.18. The lowest BCUT2D eigenvalue weighted by Gasteiger charge is -2.23.